The molecule has 0 radical (unpaired) electrons. The van der Waals surface area contributed by atoms with Crippen LogP contribution in [-0.4, -0.2) is 24.9 Å². The molecule has 1 aromatic carbocycles. The number of aromatic nitrogens is 4. The molecular weight excluding hydrogens is 562 g/mol. The van der Waals surface area contributed by atoms with Crippen molar-refractivity contribution in [1.29, 1.82) is 0 Å². The third kappa shape index (κ3) is 4.41. The van der Waals surface area contributed by atoms with E-state index in [2.05, 4.69) is 62.6 Å². The third-order valence-electron chi connectivity index (χ3n) is 5.21. The van der Waals surface area contributed by atoms with Gasteiger partial charge in [-0.1, -0.05) is 0 Å². The van der Waals surface area contributed by atoms with Crippen LogP contribution in [0.3, 0.4) is 0 Å². The van der Waals surface area contributed by atoms with Crippen LogP contribution in [0, 0.1) is 14.6 Å². The molecule has 0 spiro atoms. The predicted molar refractivity (Wildman–Crippen MR) is 112 cm³/mol. The Kier molecular flexibility index (Phi) is 6.21. The second kappa shape index (κ2) is 8.63. The van der Waals surface area contributed by atoms with E-state index in [4.69, 9.17) is 9.97 Å². The number of aryl methyl sites for hydroxylation is 4. The summed E-state index contributed by atoms with van der Waals surface area (Å²) >= 11 is 2.18. The van der Waals surface area contributed by atoms with Gasteiger partial charge in [-0.2, -0.15) is 0 Å². The van der Waals surface area contributed by atoms with E-state index in [9.17, 15) is 0 Å². The molecule has 0 bridgehead atoms. The van der Waals surface area contributed by atoms with Crippen molar-refractivity contribution in [3.63, 3.8) is 0 Å². The molecule has 0 saturated carbocycles. The maximum absolute atomic E-state index is 4.76. The monoisotopic (exact) mass is 585 g/mol. The summed E-state index contributed by atoms with van der Waals surface area (Å²) in [5.74, 6) is 0. The first-order valence-corrected chi connectivity index (χ1v) is 13.8. The van der Waals surface area contributed by atoms with Gasteiger partial charge in [0.2, 0.25) is 0 Å². The first-order chi connectivity index (χ1) is 13.1. The van der Waals surface area contributed by atoms with Crippen LogP contribution in [0.4, 0.5) is 0 Å². The molecule has 4 rings (SSSR count). The Morgan fingerprint density at radius 3 is 2.74 bits per heavy atom. The molecule has 1 aliphatic rings. The molecule has 0 saturated heterocycles. The van der Waals surface area contributed by atoms with Crippen molar-refractivity contribution in [3.05, 3.63) is 54.1 Å². The number of benzene rings is 1. The molecule has 0 N–H and O–H groups in total. The Hall–Kier alpha value is -0.900. The van der Waals surface area contributed by atoms with Crippen LogP contribution < -0.4 is 21.2 Å². The number of hydrogen-bond donors (Lipinski definition) is 0. The molecule has 0 amide bonds. The van der Waals surface area contributed by atoms with Crippen molar-refractivity contribution in [2.24, 2.45) is 0 Å². The first-order valence-electron chi connectivity index (χ1n) is 9.45. The third-order valence-corrected chi connectivity index (χ3v) is 7.14. The number of unbranched alkanes of at least 4 members (excludes halogenated alkanes) is 1. The van der Waals surface area contributed by atoms with Crippen LogP contribution in [0.15, 0.2) is 18.2 Å². The molecule has 0 atom stereocenters. The average Bonchev–Trinajstić information content (AvgIpc) is 3.13. The minimum atomic E-state index is -0.0732. The molecule has 2 aromatic heterocycles. The summed E-state index contributed by atoms with van der Waals surface area (Å²) in [5.41, 5.74) is 7.62. The molecule has 0 aliphatic heterocycles. The summed E-state index contributed by atoms with van der Waals surface area (Å²) in [5, 5.41) is 1.19. The van der Waals surface area contributed by atoms with Crippen molar-refractivity contribution in [3.8, 4) is 0 Å². The van der Waals surface area contributed by atoms with Crippen molar-refractivity contribution in [2.45, 2.75) is 51.9 Å². The van der Waals surface area contributed by atoms with Crippen LogP contribution in [0.25, 0.3) is 10.9 Å². The average molecular weight is 585 g/mol. The SMILES string of the molecule is C[I-]c1nc(C)c2ccc(CCCCc3nc(I)nc4c3CCC4)cc2n1. The molecule has 3 aromatic rings. The number of nitrogens with zero attached hydrogens (tertiary/aromatic N) is 4. The maximum atomic E-state index is 4.76. The van der Waals surface area contributed by atoms with Gasteiger partial charge in [-0.3, -0.25) is 0 Å². The number of alkyl halides is 1. The summed E-state index contributed by atoms with van der Waals surface area (Å²) in [6, 6.07) is 6.69. The van der Waals surface area contributed by atoms with Crippen molar-refractivity contribution in [1.82, 2.24) is 19.9 Å². The van der Waals surface area contributed by atoms with Crippen LogP contribution >= 0.6 is 22.6 Å². The van der Waals surface area contributed by atoms with Crippen LogP contribution in [0.1, 0.15) is 47.5 Å². The van der Waals surface area contributed by atoms with Gasteiger partial charge in [0.25, 0.3) is 0 Å². The van der Waals surface area contributed by atoms with E-state index in [-0.39, 0.29) is 21.2 Å². The zero-order valence-corrected chi connectivity index (χ0v) is 20.0. The van der Waals surface area contributed by atoms with E-state index < -0.39 is 0 Å². The number of rotatable bonds is 6. The molecule has 1 aliphatic carbocycles. The van der Waals surface area contributed by atoms with E-state index in [1.54, 1.807) is 0 Å². The number of fused-ring (bicyclic) bond motifs is 2. The van der Waals surface area contributed by atoms with Crippen LogP contribution in [0.2, 0.25) is 0 Å². The zero-order valence-electron chi connectivity index (χ0n) is 15.7. The second-order valence-corrected chi connectivity index (χ2v) is 10.1. The normalized spacial score (nSPS) is 13.4. The van der Waals surface area contributed by atoms with Gasteiger partial charge in [0.15, 0.2) is 0 Å². The van der Waals surface area contributed by atoms with Crippen LogP contribution in [-0.2, 0) is 25.7 Å². The Bertz CT molecular complexity index is 988. The summed E-state index contributed by atoms with van der Waals surface area (Å²) in [6.45, 7) is 2.09. The molecule has 0 unspecified atom stereocenters. The van der Waals surface area contributed by atoms with E-state index in [1.165, 1.54) is 47.2 Å². The fourth-order valence-electron chi connectivity index (χ4n) is 3.84. The van der Waals surface area contributed by atoms with Gasteiger partial charge in [0.05, 0.1) is 0 Å². The fraction of sp³-hybridized carbons (Fsp3) is 0.429. The fourth-order valence-corrected chi connectivity index (χ4v) is 5.53. The number of hydrogen-bond acceptors (Lipinski definition) is 4. The van der Waals surface area contributed by atoms with Crippen molar-refractivity contribution in [2.75, 3.05) is 4.93 Å². The van der Waals surface area contributed by atoms with E-state index >= 15 is 0 Å². The van der Waals surface area contributed by atoms with Gasteiger partial charge in [-0.25, -0.2) is 4.98 Å². The van der Waals surface area contributed by atoms with Gasteiger partial charge >= 0.3 is 145 Å². The number of halogens is 2. The van der Waals surface area contributed by atoms with Gasteiger partial charge in [0.1, 0.15) is 0 Å². The summed E-state index contributed by atoms with van der Waals surface area (Å²) in [6.07, 6.45) is 8.04. The van der Waals surface area contributed by atoms with Gasteiger partial charge < -0.3 is 0 Å². The van der Waals surface area contributed by atoms with E-state index in [1.807, 2.05) is 0 Å². The van der Waals surface area contributed by atoms with Gasteiger partial charge in [-0.05, 0) is 12.8 Å². The van der Waals surface area contributed by atoms with Gasteiger partial charge in [-0.15, -0.1) is 0 Å². The molecule has 6 heteroatoms. The van der Waals surface area contributed by atoms with Gasteiger partial charge in [0, 0.05) is 22.6 Å². The Morgan fingerprint density at radius 2 is 1.89 bits per heavy atom. The summed E-state index contributed by atoms with van der Waals surface area (Å²) in [7, 11) is 0. The van der Waals surface area contributed by atoms with Crippen molar-refractivity contribution < 1.29 is 21.2 Å². The Labute approximate surface area is 184 Å². The van der Waals surface area contributed by atoms with Crippen molar-refractivity contribution >= 4 is 33.5 Å². The minimum absolute atomic E-state index is 0.0732. The summed E-state index contributed by atoms with van der Waals surface area (Å²) in [4.78, 5) is 20.9. The topological polar surface area (TPSA) is 51.6 Å². The summed E-state index contributed by atoms with van der Waals surface area (Å²) < 4.78 is 1.95. The Morgan fingerprint density at radius 1 is 1.04 bits per heavy atom. The molecular formula is C21H23I2N4-. The molecule has 142 valence electrons. The molecule has 4 nitrogen and oxygen atoms in total. The standard InChI is InChI=1S/C21H23I2N4/c1-13-15-11-10-14(12-19(15)27-21(23-2)24-13)6-3-4-8-17-16-7-5-9-18(16)26-20(22)25-17/h10-12H,3-9H2,1-2H3/q-1. The zero-order chi connectivity index (χ0) is 18.8. The second-order valence-electron chi connectivity index (χ2n) is 7.04. The predicted octanol–water partition coefficient (Wildman–Crippen LogP) is 1.28. The molecule has 2 heterocycles. The van der Waals surface area contributed by atoms with Crippen LogP contribution in [0.5, 0.6) is 0 Å². The quantitative estimate of drug-likeness (QED) is 0.190. The van der Waals surface area contributed by atoms with E-state index in [0.29, 0.717) is 0 Å². The molecule has 0 fully saturated rings. The van der Waals surface area contributed by atoms with E-state index in [0.717, 1.165) is 44.6 Å². The Balaban J connectivity index is 1.41. The first kappa shape index (κ1) is 19.4. The molecule has 27 heavy (non-hydrogen) atoms.